The highest BCUT2D eigenvalue weighted by Gasteiger charge is 2.25. The van der Waals surface area contributed by atoms with Gasteiger partial charge in [-0.05, 0) is 50.1 Å². The number of nitrogens with one attached hydrogen (secondary N) is 1. The first kappa shape index (κ1) is 22.5. The number of rotatable bonds is 8. The zero-order valence-corrected chi connectivity index (χ0v) is 18.6. The third kappa shape index (κ3) is 5.93. The summed E-state index contributed by atoms with van der Waals surface area (Å²) in [5.41, 5.74) is 1.17. The van der Waals surface area contributed by atoms with Crippen LogP contribution in [0.3, 0.4) is 0 Å². The summed E-state index contributed by atoms with van der Waals surface area (Å²) in [4.78, 5) is 20.8. The van der Waals surface area contributed by atoms with Gasteiger partial charge >= 0.3 is 0 Å². The maximum Gasteiger partial charge on any atom is 0.289 e. The quantitative estimate of drug-likeness (QED) is 0.514. The van der Waals surface area contributed by atoms with E-state index >= 15 is 0 Å². The normalized spacial score (nSPS) is 14.5. The van der Waals surface area contributed by atoms with Gasteiger partial charge in [0, 0.05) is 39.8 Å². The van der Waals surface area contributed by atoms with Gasteiger partial charge in [-0.3, -0.25) is 9.79 Å². The molecule has 1 fully saturated rings. The van der Waals surface area contributed by atoms with Gasteiger partial charge in [0.15, 0.2) is 23.2 Å². The first-order chi connectivity index (χ1) is 15.2. The molecule has 2 heterocycles. The molecule has 1 aliphatic rings. The van der Waals surface area contributed by atoms with E-state index in [1.54, 1.807) is 19.2 Å². The number of carbonyl (C=O) groups is 1. The van der Waals surface area contributed by atoms with Gasteiger partial charge in [0.05, 0.1) is 19.5 Å². The van der Waals surface area contributed by atoms with Crippen LogP contribution >= 0.6 is 0 Å². The molecule has 8 nitrogen and oxygen atoms in total. The Labute approximate surface area is 183 Å². The third-order valence-corrected chi connectivity index (χ3v) is 5.11. The Hall–Kier alpha value is -3.16. The molecule has 2 aromatic rings. The van der Waals surface area contributed by atoms with Crippen LogP contribution in [-0.4, -0.2) is 74.7 Å². The van der Waals surface area contributed by atoms with Crippen LogP contribution in [0.25, 0.3) is 0 Å². The van der Waals surface area contributed by atoms with Crippen molar-refractivity contribution in [1.82, 2.24) is 15.1 Å². The Morgan fingerprint density at radius 2 is 1.77 bits per heavy atom. The van der Waals surface area contributed by atoms with Gasteiger partial charge in [-0.15, -0.1) is 0 Å². The van der Waals surface area contributed by atoms with Crippen molar-refractivity contribution < 1.29 is 18.7 Å². The predicted octanol–water partition coefficient (Wildman–Crippen LogP) is 2.65. The van der Waals surface area contributed by atoms with Crippen LogP contribution in [-0.2, 0) is 6.42 Å². The number of hydrogen-bond donors (Lipinski definition) is 1. The van der Waals surface area contributed by atoms with Gasteiger partial charge in [0.1, 0.15) is 0 Å². The van der Waals surface area contributed by atoms with Crippen molar-refractivity contribution in [1.29, 1.82) is 0 Å². The predicted molar refractivity (Wildman–Crippen MR) is 120 cm³/mol. The van der Waals surface area contributed by atoms with Gasteiger partial charge in [0.2, 0.25) is 0 Å². The van der Waals surface area contributed by atoms with Crippen LogP contribution in [0, 0.1) is 0 Å². The SMILES string of the molecule is CCOc1ccc(CCNC(=NC)N2CCN(C(=O)c3ccco3)CC2)cc1OCC. The first-order valence-corrected chi connectivity index (χ1v) is 10.8. The molecular weight excluding hydrogens is 396 g/mol. The van der Waals surface area contributed by atoms with Crippen LogP contribution in [0.4, 0.5) is 0 Å². The summed E-state index contributed by atoms with van der Waals surface area (Å²) < 4.78 is 16.6. The molecule has 1 amide bonds. The Balaban J connectivity index is 1.49. The molecule has 1 aromatic heterocycles. The Kier molecular flexibility index (Phi) is 8.20. The lowest BCUT2D eigenvalue weighted by molar-refractivity contribution is 0.0658. The van der Waals surface area contributed by atoms with E-state index in [0.29, 0.717) is 32.1 Å². The minimum atomic E-state index is -0.0619. The smallest absolute Gasteiger partial charge is 0.289 e. The lowest BCUT2D eigenvalue weighted by atomic mass is 10.1. The Morgan fingerprint density at radius 3 is 2.42 bits per heavy atom. The fourth-order valence-electron chi connectivity index (χ4n) is 3.58. The summed E-state index contributed by atoms with van der Waals surface area (Å²) in [6, 6.07) is 9.51. The summed E-state index contributed by atoms with van der Waals surface area (Å²) in [6.45, 7) is 8.61. The molecule has 1 aromatic carbocycles. The average molecular weight is 429 g/mol. The highest BCUT2D eigenvalue weighted by Crippen LogP contribution is 2.28. The molecule has 1 aliphatic heterocycles. The molecule has 3 rings (SSSR count). The largest absolute Gasteiger partial charge is 0.490 e. The minimum absolute atomic E-state index is 0.0619. The summed E-state index contributed by atoms with van der Waals surface area (Å²) in [6.07, 6.45) is 2.36. The van der Waals surface area contributed by atoms with Gasteiger partial charge in [-0.2, -0.15) is 0 Å². The minimum Gasteiger partial charge on any atom is -0.490 e. The standard InChI is InChI=1S/C23H32N4O4/c1-4-29-19-9-8-18(17-21(19)30-5-2)10-11-25-23(24-3)27-14-12-26(13-15-27)22(28)20-7-6-16-31-20/h6-9,16-17H,4-5,10-15H2,1-3H3,(H,24,25). The molecule has 0 bridgehead atoms. The topological polar surface area (TPSA) is 79.5 Å². The number of furan rings is 1. The molecule has 31 heavy (non-hydrogen) atoms. The van der Waals surface area contributed by atoms with Crippen molar-refractivity contribution in [3.05, 3.63) is 47.9 Å². The van der Waals surface area contributed by atoms with E-state index in [4.69, 9.17) is 13.9 Å². The molecular formula is C23H32N4O4. The molecule has 0 spiro atoms. The summed E-state index contributed by atoms with van der Waals surface area (Å²) >= 11 is 0. The maximum absolute atomic E-state index is 12.4. The van der Waals surface area contributed by atoms with E-state index in [9.17, 15) is 4.79 Å². The molecule has 0 saturated carbocycles. The van der Waals surface area contributed by atoms with Crippen molar-refractivity contribution in [3.8, 4) is 11.5 Å². The second kappa shape index (κ2) is 11.3. The number of carbonyl (C=O) groups excluding carboxylic acids is 1. The van der Waals surface area contributed by atoms with Gasteiger partial charge < -0.3 is 29.0 Å². The van der Waals surface area contributed by atoms with Crippen molar-refractivity contribution in [2.75, 3.05) is 53.0 Å². The van der Waals surface area contributed by atoms with E-state index in [0.717, 1.165) is 43.5 Å². The second-order valence-corrected chi connectivity index (χ2v) is 7.13. The zero-order chi connectivity index (χ0) is 22.1. The Morgan fingerprint density at radius 1 is 1.06 bits per heavy atom. The number of hydrogen-bond acceptors (Lipinski definition) is 5. The molecule has 0 radical (unpaired) electrons. The van der Waals surface area contributed by atoms with E-state index in [1.807, 2.05) is 30.9 Å². The van der Waals surface area contributed by atoms with Crippen LogP contribution in [0.1, 0.15) is 30.0 Å². The molecule has 0 aliphatic carbocycles. The van der Waals surface area contributed by atoms with Gasteiger partial charge in [-0.1, -0.05) is 6.07 Å². The number of benzene rings is 1. The number of piperazine rings is 1. The number of aliphatic imine (C=N–C) groups is 1. The summed E-state index contributed by atoms with van der Waals surface area (Å²) in [5.74, 6) is 2.73. The Bertz CT molecular complexity index is 858. The zero-order valence-electron chi connectivity index (χ0n) is 18.6. The van der Waals surface area contributed by atoms with Crippen molar-refractivity contribution in [2.24, 2.45) is 4.99 Å². The van der Waals surface area contributed by atoms with E-state index in [2.05, 4.69) is 21.3 Å². The molecule has 1 N–H and O–H groups in total. The van der Waals surface area contributed by atoms with Crippen molar-refractivity contribution >= 4 is 11.9 Å². The first-order valence-electron chi connectivity index (χ1n) is 10.8. The summed E-state index contributed by atoms with van der Waals surface area (Å²) in [5, 5.41) is 3.43. The van der Waals surface area contributed by atoms with Crippen molar-refractivity contribution in [2.45, 2.75) is 20.3 Å². The lowest BCUT2D eigenvalue weighted by Gasteiger charge is -2.36. The van der Waals surface area contributed by atoms with E-state index < -0.39 is 0 Å². The average Bonchev–Trinajstić information content (AvgIpc) is 3.33. The van der Waals surface area contributed by atoms with E-state index in [1.165, 1.54) is 11.8 Å². The second-order valence-electron chi connectivity index (χ2n) is 7.13. The number of nitrogens with zero attached hydrogens (tertiary/aromatic N) is 3. The van der Waals surface area contributed by atoms with Crippen molar-refractivity contribution in [3.63, 3.8) is 0 Å². The molecule has 0 unspecified atom stereocenters. The highest BCUT2D eigenvalue weighted by atomic mass is 16.5. The van der Waals surface area contributed by atoms with Crippen LogP contribution < -0.4 is 14.8 Å². The fraction of sp³-hybridized carbons (Fsp3) is 0.478. The molecule has 0 atom stereocenters. The van der Waals surface area contributed by atoms with Crippen LogP contribution in [0.5, 0.6) is 11.5 Å². The lowest BCUT2D eigenvalue weighted by Crippen LogP contribution is -2.54. The van der Waals surface area contributed by atoms with Crippen LogP contribution in [0.15, 0.2) is 46.0 Å². The molecule has 168 valence electrons. The summed E-state index contributed by atoms with van der Waals surface area (Å²) in [7, 11) is 1.78. The molecule has 8 heteroatoms. The fourth-order valence-corrected chi connectivity index (χ4v) is 3.58. The maximum atomic E-state index is 12.4. The van der Waals surface area contributed by atoms with Gasteiger partial charge in [0.25, 0.3) is 5.91 Å². The third-order valence-electron chi connectivity index (χ3n) is 5.11. The highest BCUT2D eigenvalue weighted by molar-refractivity contribution is 5.91. The van der Waals surface area contributed by atoms with Gasteiger partial charge in [-0.25, -0.2) is 0 Å². The molecule has 1 saturated heterocycles. The van der Waals surface area contributed by atoms with E-state index in [-0.39, 0.29) is 5.91 Å². The van der Waals surface area contributed by atoms with Crippen LogP contribution in [0.2, 0.25) is 0 Å². The number of guanidine groups is 1. The number of ether oxygens (including phenoxy) is 2. The number of amides is 1. The monoisotopic (exact) mass is 428 g/mol.